The molecule has 14 nitrogen and oxygen atoms in total. The van der Waals surface area contributed by atoms with Crippen molar-refractivity contribution in [2.45, 2.75) is 55.8 Å². The molecular formula is C39H35FN10O4. The van der Waals surface area contributed by atoms with Gasteiger partial charge in [0.2, 0.25) is 11.8 Å². The third kappa shape index (κ3) is 4.83. The van der Waals surface area contributed by atoms with Crippen molar-refractivity contribution in [1.29, 1.82) is 0 Å². The molecular weight excluding hydrogens is 691 g/mol. The number of allylic oxidation sites excluding steroid dienone is 1. The zero-order valence-electron chi connectivity index (χ0n) is 29.2. The average Bonchev–Trinajstić information content (AvgIpc) is 3.58. The second-order valence-electron chi connectivity index (χ2n) is 15.5. The minimum atomic E-state index is -1.40. The van der Waals surface area contributed by atoms with E-state index in [9.17, 15) is 19.2 Å². The molecule has 6 aliphatic rings. The minimum Gasteiger partial charge on any atom is -0.365 e. The zero-order valence-corrected chi connectivity index (χ0v) is 29.2. The lowest BCUT2D eigenvalue weighted by molar-refractivity contribution is -0.136. The van der Waals surface area contributed by atoms with E-state index < -0.39 is 35.3 Å². The van der Waals surface area contributed by atoms with E-state index in [0.29, 0.717) is 18.2 Å². The van der Waals surface area contributed by atoms with Gasteiger partial charge in [-0.3, -0.25) is 39.0 Å². The minimum absolute atomic E-state index is 0.0595. The van der Waals surface area contributed by atoms with Crippen LogP contribution in [-0.2, 0) is 9.59 Å². The van der Waals surface area contributed by atoms with Gasteiger partial charge in [0.25, 0.3) is 11.8 Å². The highest BCUT2D eigenvalue weighted by Gasteiger charge is 2.48. The molecule has 3 saturated heterocycles. The summed E-state index contributed by atoms with van der Waals surface area (Å²) in [6.07, 6.45) is 10.6. The Bertz CT molecular complexity index is 2530. The van der Waals surface area contributed by atoms with Gasteiger partial charge < -0.3 is 10.2 Å². The van der Waals surface area contributed by atoms with Gasteiger partial charge in [0, 0.05) is 67.3 Å². The molecule has 4 amide bonds. The summed E-state index contributed by atoms with van der Waals surface area (Å²) in [7, 11) is 0. The number of nitrogens with zero attached hydrogens (tertiary/aromatic N) is 8. The largest absolute Gasteiger partial charge is 0.365 e. The number of halogens is 1. The van der Waals surface area contributed by atoms with Crippen LogP contribution in [0.1, 0.15) is 75.9 Å². The van der Waals surface area contributed by atoms with Crippen molar-refractivity contribution in [2.24, 2.45) is 0 Å². The Morgan fingerprint density at radius 1 is 0.944 bits per heavy atom. The second-order valence-corrected chi connectivity index (χ2v) is 15.5. The summed E-state index contributed by atoms with van der Waals surface area (Å²) in [6.45, 7) is 2.22. The van der Waals surface area contributed by atoms with Crippen LogP contribution in [-0.4, -0.2) is 102 Å². The number of piperidine rings is 2. The zero-order chi connectivity index (χ0) is 36.5. The molecule has 4 fully saturated rings. The molecule has 272 valence electrons. The molecule has 0 radical (unpaired) electrons. The van der Waals surface area contributed by atoms with Crippen LogP contribution in [0.2, 0.25) is 0 Å². The number of hydrogen-bond acceptors (Lipinski definition) is 10. The van der Waals surface area contributed by atoms with Crippen LogP contribution < -0.4 is 15.5 Å². The summed E-state index contributed by atoms with van der Waals surface area (Å²) in [5.41, 5.74) is 7.39. The SMILES string of the molecule is O=C1CCC(N2C(=O)c3ccc(N4CC(F)(CN5CCC(n6cc7cc8c(cc7n6)C6CC6=C(c6cnn7cccnc67)N8)CC5)C4)cc3C2=O)C(=O)N1. The number of carbonyl (C=O) groups excluding carboxylic acids is 4. The predicted molar refractivity (Wildman–Crippen MR) is 194 cm³/mol. The van der Waals surface area contributed by atoms with Crippen LogP contribution in [0.15, 0.2) is 66.8 Å². The summed E-state index contributed by atoms with van der Waals surface area (Å²) in [5.74, 6) is -1.80. The number of benzene rings is 2. The Morgan fingerprint density at radius 3 is 2.61 bits per heavy atom. The summed E-state index contributed by atoms with van der Waals surface area (Å²) < 4.78 is 19.9. The molecule has 5 aromatic rings. The molecule has 0 spiro atoms. The van der Waals surface area contributed by atoms with E-state index in [1.165, 1.54) is 11.1 Å². The van der Waals surface area contributed by atoms with Crippen molar-refractivity contribution in [3.05, 3.63) is 89.0 Å². The molecule has 2 unspecified atom stereocenters. The Kier molecular flexibility index (Phi) is 6.59. The van der Waals surface area contributed by atoms with Crippen molar-refractivity contribution in [3.63, 3.8) is 0 Å². The molecule has 5 aliphatic heterocycles. The Hall–Kier alpha value is -5.96. The van der Waals surface area contributed by atoms with E-state index in [2.05, 4.69) is 48.6 Å². The normalized spacial score (nSPS) is 23.7. The molecule has 1 aliphatic carbocycles. The lowest BCUT2D eigenvalue weighted by atomic mass is 9.92. The maximum absolute atomic E-state index is 16.0. The highest BCUT2D eigenvalue weighted by molar-refractivity contribution is 6.23. The Labute approximate surface area is 307 Å². The van der Waals surface area contributed by atoms with E-state index in [4.69, 9.17) is 5.10 Å². The number of nitrogens with one attached hydrogen (secondary N) is 2. The molecule has 2 aromatic carbocycles. The number of hydrogen-bond donors (Lipinski definition) is 2. The fraction of sp³-hybridized carbons (Fsp3) is 0.359. The summed E-state index contributed by atoms with van der Waals surface area (Å²) >= 11 is 0. The van der Waals surface area contributed by atoms with E-state index in [0.717, 1.165) is 70.7 Å². The summed E-state index contributed by atoms with van der Waals surface area (Å²) in [4.78, 5) is 59.9. The van der Waals surface area contributed by atoms with Crippen molar-refractivity contribution in [2.75, 3.05) is 42.9 Å². The first-order valence-corrected chi connectivity index (χ1v) is 18.5. The number of carbonyl (C=O) groups is 4. The van der Waals surface area contributed by atoms with Crippen molar-refractivity contribution >= 4 is 57.3 Å². The van der Waals surface area contributed by atoms with E-state index in [1.807, 2.05) is 23.4 Å². The first-order valence-electron chi connectivity index (χ1n) is 18.5. The van der Waals surface area contributed by atoms with Crippen LogP contribution in [0.3, 0.4) is 0 Å². The van der Waals surface area contributed by atoms with Gasteiger partial charge in [-0.15, -0.1) is 0 Å². The first-order chi connectivity index (χ1) is 26.2. The number of aromatic nitrogens is 5. The number of anilines is 2. The summed E-state index contributed by atoms with van der Waals surface area (Å²) in [6, 6.07) is 10.4. The summed E-state index contributed by atoms with van der Waals surface area (Å²) in [5, 5.41) is 16.5. The van der Waals surface area contributed by atoms with Crippen molar-refractivity contribution in [3.8, 4) is 0 Å². The van der Waals surface area contributed by atoms with E-state index in [-0.39, 0.29) is 43.1 Å². The first kappa shape index (κ1) is 31.6. The molecule has 15 heteroatoms. The van der Waals surface area contributed by atoms with Gasteiger partial charge in [-0.1, -0.05) is 0 Å². The fourth-order valence-electron chi connectivity index (χ4n) is 9.20. The van der Waals surface area contributed by atoms with Gasteiger partial charge >= 0.3 is 0 Å². The maximum Gasteiger partial charge on any atom is 0.262 e. The standard InChI is InChI=1S/C39H35FN10O4/c40-39(19-47(20-39)23-2-3-24-28(13-23)38(54)50(37(24)53)32-4-5-33(51)44-36(32)52)18-46-10-6-22(7-11-46)49-17-21-12-31-26(15-30(21)45-49)25-14-27(25)34(43-31)29-16-42-48-9-1-8-41-35(29)48/h1-3,8-9,12-13,15-17,22,25,32,43H,4-7,10-11,14,18-20H2,(H,44,51,52). The lowest BCUT2D eigenvalue weighted by Gasteiger charge is -2.48. The number of likely N-dealkylation sites (tertiary alicyclic amines) is 1. The average molecular weight is 727 g/mol. The van der Waals surface area contributed by atoms with Crippen LogP contribution in [0, 0.1) is 0 Å². The molecule has 2 atom stereocenters. The molecule has 0 bridgehead atoms. The Balaban J connectivity index is 0.721. The van der Waals surface area contributed by atoms with Crippen LogP contribution >= 0.6 is 0 Å². The van der Waals surface area contributed by atoms with Gasteiger partial charge in [-0.2, -0.15) is 10.2 Å². The fourth-order valence-corrected chi connectivity index (χ4v) is 9.20. The highest BCUT2D eigenvalue weighted by Crippen LogP contribution is 2.57. The van der Waals surface area contributed by atoms with E-state index in [1.54, 1.807) is 28.9 Å². The quantitative estimate of drug-likeness (QED) is 0.248. The van der Waals surface area contributed by atoms with Crippen LogP contribution in [0.25, 0.3) is 22.2 Å². The van der Waals surface area contributed by atoms with Crippen molar-refractivity contribution < 1.29 is 23.6 Å². The van der Waals surface area contributed by atoms with E-state index >= 15 is 4.39 Å². The monoisotopic (exact) mass is 726 g/mol. The third-order valence-electron chi connectivity index (χ3n) is 12.1. The smallest absolute Gasteiger partial charge is 0.262 e. The number of imide groups is 2. The van der Waals surface area contributed by atoms with Gasteiger partial charge in [-0.25, -0.2) is 13.9 Å². The van der Waals surface area contributed by atoms with Gasteiger partial charge in [0.05, 0.1) is 53.2 Å². The van der Waals surface area contributed by atoms with Gasteiger partial charge in [-0.05, 0) is 73.2 Å². The number of alkyl halides is 1. The molecule has 3 aromatic heterocycles. The predicted octanol–water partition coefficient (Wildman–Crippen LogP) is 3.67. The lowest BCUT2D eigenvalue weighted by Crippen LogP contribution is -2.64. The van der Waals surface area contributed by atoms with Crippen molar-refractivity contribution in [1.82, 2.24) is 39.5 Å². The molecule has 54 heavy (non-hydrogen) atoms. The van der Waals surface area contributed by atoms with Crippen LogP contribution in [0.5, 0.6) is 0 Å². The highest BCUT2D eigenvalue weighted by atomic mass is 19.1. The van der Waals surface area contributed by atoms with Gasteiger partial charge in [0.1, 0.15) is 6.04 Å². The molecule has 1 saturated carbocycles. The molecule has 8 heterocycles. The topological polar surface area (TPSA) is 150 Å². The maximum atomic E-state index is 16.0. The third-order valence-corrected chi connectivity index (χ3v) is 12.1. The second kappa shape index (κ2) is 11.3. The van der Waals surface area contributed by atoms with Gasteiger partial charge in [0.15, 0.2) is 11.3 Å². The number of fused-ring (bicyclic) bond motifs is 6. The molecule has 11 rings (SSSR count). The Morgan fingerprint density at radius 2 is 1.78 bits per heavy atom. The molecule has 2 N–H and O–H groups in total. The van der Waals surface area contributed by atoms with Crippen LogP contribution in [0.4, 0.5) is 15.8 Å². The number of amides is 4. The number of rotatable bonds is 6.